The highest BCUT2D eigenvalue weighted by Gasteiger charge is 2.31. The zero-order valence-electron chi connectivity index (χ0n) is 31.9. The van der Waals surface area contributed by atoms with Gasteiger partial charge in [0.1, 0.15) is 17.8 Å². The van der Waals surface area contributed by atoms with Crippen molar-refractivity contribution >= 4 is 22.7 Å². The van der Waals surface area contributed by atoms with Crippen LogP contribution in [0.25, 0.3) is 10.8 Å². The second-order valence-electron chi connectivity index (χ2n) is 15.2. The van der Waals surface area contributed by atoms with Crippen molar-refractivity contribution in [3.8, 4) is 11.5 Å². The maximum atomic E-state index is 13.0. The van der Waals surface area contributed by atoms with Gasteiger partial charge >= 0.3 is 6.18 Å². The average Bonchev–Trinajstić information content (AvgIpc) is 3.21. The van der Waals surface area contributed by atoms with Crippen molar-refractivity contribution in [1.82, 2.24) is 20.3 Å². The third kappa shape index (κ3) is 9.20. The summed E-state index contributed by atoms with van der Waals surface area (Å²) in [7, 11) is 3.87. The molecule has 4 aromatic carbocycles. The number of likely N-dealkylation sites (tertiary alicyclic amines) is 1. The summed E-state index contributed by atoms with van der Waals surface area (Å²) in [6, 6.07) is 29.4. The lowest BCUT2D eigenvalue weighted by Crippen LogP contribution is -2.40. The number of hydrogen-bond donors (Lipinski definition) is 1. The van der Waals surface area contributed by atoms with Crippen molar-refractivity contribution in [2.45, 2.75) is 57.8 Å². The van der Waals surface area contributed by atoms with Crippen LogP contribution in [-0.4, -0.2) is 61.5 Å². The minimum Gasteiger partial charge on any atom is -0.457 e. The third-order valence-corrected chi connectivity index (χ3v) is 11.7. The molecule has 7 nitrogen and oxygen atoms in total. The number of hydrazine groups is 1. The number of fused-ring (bicyclic) bond motifs is 1. The van der Waals surface area contributed by atoms with Gasteiger partial charge in [0.15, 0.2) is 0 Å². The molecule has 3 heterocycles. The van der Waals surface area contributed by atoms with Crippen LogP contribution >= 0.6 is 0 Å². The number of rotatable bonds is 12. The normalized spacial score (nSPS) is 16.8. The van der Waals surface area contributed by atoms with E-state index in [1.165, 1.54) is 43.5 Å². The number of benzene rings is 4. The number of ether oxygens (including phenoxy) is 1. The standard InChI is InChI=1S/C45H50F3N5O2/c1-31(34-11-17-42-35(26-34)6-4-9-44(42)55-41-15-12-38(13-16-41)45(46,47)48)43-8-5-7-39(50-43)29-52-22-18-32(19-23-52)33-20-24-53(25-21-33)40-14-10-36(30-54)37(27-40)28-51(3)49-2/h4-17,26-27,30-33,49H,18-25,28-29H2,1-3H3. The van der Waals surface area contributed by atoms with Gasteiger partial charge in [-0.25, -0.2) is 5.01 Å². The van der Waals surface area contributed by atoms with Gasteiger partial charge in [-0.15, -0.1) is 0 Å². The van der Waals surface area contributed by atoms with Gasteiger partial charge in [0, 0.05) is 61.5 Å². The molecule has 5 aromatic rings. The van der Waals surface area contributed by atoms with Gasteiger partial charge in [0.2, 0.25) is 0 Å². The SMILES string of the molecule is CNN(C)Cc1cc(N2CCC(C3CCN(Cc4cccc(C(C)c5ccc6c(Oc7ccc(C(F)(F)F)cc7)cccc6c5)n4)CC3)CC2)ccc1C=O. The molecule has 7 rings (SSSR count). The first-order valence-electron chi connectivity index (χ1n) is 19.4. The summed E-state index contributed by atoms with van der Waals surface area (Å²) < 4.78 is 45.1. The maximum absolute atomic E-state index is 13.0. The number of carbonyl (C=O) groups excluding carboxylic acids is 1. The Balaban J connectivity index is 0.921. The number of nitrogens with one attached hydrogen (secondary N) is 1. The Morgan fingerprint density at radius 1 is 0.891 bits per heavy atom. The van der Waals surface area contributed by atoms with E-state index in [4.69, 9.17) is 9.72 Å². The number of piperidine rings is 2. The number of hydrogen-bond acceptors (Lipinski definition) is 7. The number of alkyl halides is 3. The number of aromatic nitrogens is 1. The monoisotopic (exact) mass is 749 g/mol. The number of aldehydes is 1. The fraction of sp³-hybridized carbons (Fsp3) is 0.378. The van der Waals surface area contributed by atoms with Crippen molar-refractivity contribution in [3.63, 3.8) is 0 Å². The number of anilines is 1. The van der Waals surface area contributed by atoms with E-state index in [0.29, 0.717) is 18.0 Å². The third-order valence-electron chi connectivity index (χ3n) is 11.7. The summed E-state index contributed by atoms with van der Waals surface area (Å²) in [6.07, 6.45) is 1.41. The van der Waals surface area contributed by atoms with E-state index >= 15 is 0 Å². The summed E-state index contributed by atoms with van der Waals surface area (Å²) in [5, 5.41) is 3.87. The highest BCUT2D eigenvalue weighted by Crippen LogP contribution is 2.37. The lowest BCUT2D eigenvalue weighted by molar-refractivity contribution is -0.137. The van der Waals surface area contributed by atoms with Crippen LogP contribution in [0.4, 0.5) is 18.9 Å². The number of pyridine rings is 1. The molecule has 0 saturated carbocycles. The fourth-order valence-corrected chi connectivity index (χ4v) is 8.28. The van der Waals surface area contributed by atoms with Crippen molar-refractivity contribution < 1.29 is 22.7 Å². The minimum atomic E-state index is -4.39. The number of carbonyl (C=O) groups is 1. The Kier molecular flexibility index (Phi) is 11.9. The Bertz CT molecular complexity index is 2070. The van der Waals surface area contributed by atoms with Crippen molar-refractivity contribution in [2.24, 2.45) is 11.8 Å². The van der Waals surface area contributed by atoms with Crippen molar-refractivity contribution in [2.75, 3.05) is 45.2 Å². The van der Waals surface area contributed by atoms with Crippen LogP contribution < -0.4 is 15.1 Å². The molecule has 2 saturated heterocycles. The molecule has 2 aliphatic heterocycles. The second-order valence-corrected chi connectivity index (χ2v) is 15.2. The maximum Gasteiger partial charge on any atom is 0.416 e. The summed E-state index contributed by atoms with van der Waals surface area (Å²) in [5.74, 6) is 2.52. The first-order chi connectivity index (χ1) is 26.6. The first kappa shape index (κ1) is 38.5. The summed E-state index contributed by atoms with van der Waals surface area (Å²) in [6.45, 7) is 7.97. The van der Waals surface area contributed by atoms with Gasteiger partial charge in [-0.1, -0.05) is 43.3 Å². The molecule has 0 bridgehead atoms. The summed E-state index contributed by atoms with van der Waals surface area (Å²) in [4.78, 5) is 21.8. The van der Waals surface area contributed by atoms with Gasteiger partial charge in [0.05, 0.1) is 11.3 Å². The molecule has 288 valence electrons. The van der Waals surface area contributed by atoms with Crippen LogP contribution in [0, 0.1) is 11.8 Å². The Labute approximate surface area is 322 Å². The first-order valence-corrected chi connectivity index (χ1v) is 19.4. The quantitative estimate of drug-likeness (QED) is 0.101. The van der Waals surface area contributed by atoms with E-state index in [0.717, 1.165) is 102 Å². The lowest BCUT2D eigenvalue weighted by Gasteiger charge is -2.41. The van der Waals surface area contributed by atoms with E-state index < -0.39 is 11.7 Å². The van der Waals surface area contributed by atoms with Crippen LogP contribution in [0.2, 0.25) is 0 Å². The molecule has 1 aromatic heterocycles. The van der Waals surface area contributed by atoms with Crippen LogP contribution in [-0.2, 0) is 19.3 Å². The topological polar surface area (TPSA) is 60.9 Å². The molecule has 2 fully saturated rings. The number of halogens is 3. The van der Waals surface area contributed by atoms with Crippen LogP contribution in [0.5, 0.6) is 11.5 Å². The average molecular weight is 750 g/mol. The van der Waals surface area contributed by atoms with Gasteiger partial charge in [0.25, 0.3) is 0 Å². The molecular weight excluding hydrogens is 700 g/mol. The van der Waals surface area contributed by atoms with Crippen molar-refractivity contribution in [1.29, 1.82) is 0 Å². The van der Waals surface area contributed by atoms with Gasteiger partial charge in [-0.2, -0.15) is 13.2 Å². The Hall–Kier alpha value is -4.77. The molecule has 0 spiro atoms. The molecule has 1 N–H and O–H groups in total. The van der Waals surface area contributed by atoms with Gasteiger partial charge in [-0.3, -0.25) is 20.1 Å². The van der Waals surface area contributed by atoms with Crippen LogP contribution in [0.3, 0.4) is 0 Å². The van der Waals surface area contributed by atoms with E-state index in [1.807, 2.05) is 49.4 Å². The van der Waals surface area contributed by atoms with E-state index in [2.05, 4.69) is 64.6 Å². The molecule has 0 amide bonds. The Morgan fingerprint density at radius 3 is 2.29 bits per heavy atom. The second kappa shape index (κ2) is 16.9. The Morgan fingerprint density at radius 2 is 1.60 bits per heavy atom. The van der Waals surface area contributed by atoms with E-state index in [1.54, 1.807) is 0 Å². The van der Waals surface area contributed by atoms with E-state index in [9.17, 15) is 18.0 Å². The summed E-state index contributed by atoms with van der Waals surface area (Å²) >= 11 is 0. The molecule has 2 aliphatic rings. The molecule has 1 atom stereocenters. The molecule has 1 unspecified atom stereocenters. The molecular formula is C45H50F3N5O2. The fourth-order valence-electron chi connectivity index (χ4n) is 8.28. The molecule has 0 radical (unpaired) electrons. The van der Waals surface area contributed by atoms with Crippen molar-refractivity contribution in [3.05, 3.63) is 131 Å². The zero-order chi connectivity index (χ0) is 38.5. The smallest absolute Gasteiger partial charge is 0.416 e. The highest BCUT2D eigenvalue weighted by atomic mass is 19.4. The predicted octanol–water partition coefficient (Wildman–Crippen LogP) is 9.70. The summed E-state index contributed by atoms with van der Waals surface area (Å²) in [5.41, 5.74) is 8.68. The lowest BCUT2D eigenvalue weighted by atomic mass is 9.78. The predicted molar refractivity (Wildman–Crippen MR) is 213 cm³/mol. The number of nitrogens with zero attached hydrogens (tertiary/aromatic N) is 4. The van der Waals surface area contributed by atoms with Gasteiger partial charge in [-0.05, 0) is 135 Å². The van der Waals surface area contributed by atoms with Crippen LogP contribution in [0.1, 0.15) is 77.0 Å². The highest BCUT2D eigenvalue weighted by molar-refractivity contribution is 5.89. The molecule has 0 aliphatic carbocycles. The van der Waals surface area contributed by atoms with E-state index in [-0.39, 0.29) is 5.92 Å². The van der Waals surface area contributed by atoms with Gasteiger partial charge < -0.3 is 9.64 Å². The molecule has 10 heteroatoms. The minimum absolute atomic E-state index is 0.0738. The molecule has 55 heavy (non-hydrogen) atoms. The largest absolute Gasteiger partial charge is 0.457 e. The zero-order valence-corrected chi connectivity index (χ0v) is 31.9. The van der Waals surface area contributed by atoms with Crippen LogP contribution in [0.15, 0.2) is 97.1 Å².